The van der Waals surface area contributed by atoms with Crippen LogP contribution in [0.25, 0.3) is 11.3 Å². The number of halogens is 3. The molecule has 2 heterocycles. The maximum atomic E-state index is 12.8. The zero-order chi connectivity index (χ0) is 24.0. The van der Waals surface area contributed by atoms with Crippen molar-refractivity contribution in [2.45, 2.75) is 13.8 Å². The third kappa shape index (κ3) is 4.25. The van der Waals surface area contributed by atoms with Crippen LogP contribution in [0.5, 0.6) is 0 Å². The second-order valence-electron chi connectivity index (χ2n) is 7.77. The Labute approximate surface area is 218 Å². The van der Waals surface area contributed by atoms with Crippen LogP contribution in [0.4, 0.5) is 11.4 Å². The summed E-state index contributed by atoms with van der Waals surface area (Å²) in [5.41, 5.74) is 6.37. The molecule has 1 aliphatic rings. The van der Waals surface area contributed by atoms with Crippen molar-refractivity contribution in [1.29, 1.82) is 0 Å². The number of nitrogens with one attached hydrogen (secondary N) is 1. The molecule has 1 amide bonds. The number of hydrogen-bond acceptors (Lipinski definition) is 4. The van der Waals surface area contributed by atoms with Gasteiger partial charge in [0.2, 0.25) is 4.80 Å². The lowest BCUT2D eigenvalue weighted by Crippen LogP contribution is -2.20. The van der Waals surface area contributed by atoms with E-state index in [1.807, 2.05) is 48.7 Å². The predicted molar refractivity (Wildman–Crippen MR) is 144 cm³/mol. The number of nitrogens with zero attached hydrogens (tertiary/aromatic N) is 3. The monoisotopic (exact) mass is 570 g/mol. The van der Waals surface area contributed by atoms with Crippen molar-refractivity contribution in [2.75, 3.05) is 5.32 Å². The Bertz CT molecular complexity index is 1570. The molecule has 0 fully saturated rings. The van der Waals surface area contributed by atoms with E-state index >= 15 is 0 Å². The van der Waals surface area contributed by atoms with E-state index in [4.69, 9.17) is 33.3 Å². The first-order chi connectivity index (χ1) is 16.3. The Kier molecular flexibility index (Phi) is 6.20. The highest BCUT2D eigenvalue weighted by atomic mass is 79.9. The summed E-state index contributed by atoms with van der Waals surface area (Å²) in [6.07, 6.45) is 0. The highest BCUT2D eigenvalue weighted by Crippen LogP contribution is 2.31. The van der Waals surface area contributed by atoms with Crippen LogP contribution in [-0.4, -0.2) is 16.3 Å². The standard InChI is InChI=1S/C25H17BrCl2N4OS/c1-13-4-3-5-20(14(13)2)30-25-32(22(12-34-25)15-6-8-18(27)19(28)10-15)31-23-17-11-16(26)7-9-21(17)29-24(23)33/h3-12H,1-2H3,(H,29,31,33). The summed E-state index contributed by atoms with van der Waals surface area (Å²) in [5.74, 6) is -0.274. The summed E-state index contributed by atoms with van der Waals surface area (Å²) >= 11 is 17.4. The van der Waals surface area contributed by atoms with E-state index in [1.54, 1.807) is 16.8 Å². The van der Waals surface area contributed by atoms with Crippen molar-refractivity contribution in [3.8, 4) is 11.3 Å². The smallest absolute Gasteiger partial charge is 0.276 e. The molecule has 0 radical (unpaired) electrons. The first-order valence-corrected chi connectivity index (χ1v) is 12.7. The first kappa shape index (κ1) is 23.1. The van der Waals surface area contributed by atoms with Crippen molar-refractivity contribution in [3.05, 3.63) is 96.0 Å². The number of anilines is 1. The molecule has 170 valence electrons. The van der Waals surface area contributed by atoms with Crippen molar-refractivity contribution < 1.29 is 4.79 Å². The van der Waals surface area contributed by atoms with E-state index in [0.717, 1.165) is 38.1 Å². The van der Waals surface area contributed by atoms with Crippen LogP contribution in [-0.2, 0) is 4.79 Å². The lowest BCUT2D eigenvalue weighted by molar-refractivity contribution is -0.110. The van der Waals surface area contributed by atoms with Crippen molar-refractivity contribution in [3.63, 3.8) is 0 Å². The molecule has 1 aromatic heterocycles. The second-order valence-corrected chi connectivity index (χ2v) is 10.3. The molecule has 0 aliphatic carbocycles. The van der Waals surface area contributed by atoms with Gasteiger partial charge in [0.15, 0.2) is 5.71 Å². The zero-order valence-corrected chi connectivity index (χ0v) is 22.0. The Morgan fingerprint density at radius 1 is 1.03 bits per heavy atom. The molecule has 4 aromatic rings. The van der Waals surface area contributed by atoms with E-state index in [2.05, 4.69) is 34.2 Å². The van der Waals surface area contributed by atoms with Crippen LogP contribution in [0.3, 0.4) is 0 Å². The third-order valence-electron chi connectivity index (χ3n) is 5.59. The molecule has 0 bridgehead atoms. The molecule has 1 N–H and O–H groups in total. The summed E-state index contributed by atoms with van der Waals surface area (Å²) in [6, 6.07) is 17.0. The number of aromatic nitrogens is 1. The molecule has 9 heteroatoms. The van der Waals surface area contributed by atoms with Crippen LogP contribution in [0.2, 0.25) is 10.0 Å². The molecule has 5 rings (SSSR count). The van der Waals surface area contributed by atoms with Gasteiger partial charge in [0.05, 0.1) is 27.1 Å². The molecule has 0 unspecified atom stereocenters. The van der Waals surface area contributed by atoms with Gasteiger partial charge in [-0.25, -0.2) is 9.67 Å². The summed E-state index contributed by atoms with van der Waals surface area (Å²) < 4.78 is 2.55. The molecule has 5 nitrogen and oxygen atoms in total. The van der Waals surface area contributed by atoms with Gasteiger partial charge in [-0.2, -0.15) is 5.10 Å². The number of carbonyl (C=O) groups excluding carboxylic acids is 1. The van der Waals surface area contributed by atoms with E-state index in [1.165, 1.54) is 11.3 Å². The average molecular weight is 572 g/mol. The van der Waals surface area contributed by atoms with E-state index in [0.29, 0.717) is 26.2 Å². The number of fused-ring (bicyclic) bond motifs is 1. The Balaban J connectivity index is 1.77. The summed E-state index contributed by atoms with van der Waals surface area (Å²) in [5, 5.41) is 10.5. The van der Waals surface area contributed by atoms with Gasteiger partial charge in [-0.1, -0.05) is 57.3 Å². The number of thiazole rings is 1. The minimum atomic E-state index is -0.274. The lowest BCUT2D eigenvalue weighted by Gasteiger charge is -2.07. The number of hydrogen-bond donors (Lipinski definition) is 1. The third-order valence-corrected chi connectivity index (χ3v) is 7.64. The number of rotatable bonds is 3. The number of carbonyl (C=O) groups is 1. The normalized spacial score (nSPS) is 14.6. The molecular weight excluding hydrogens is 555 g/mol. The van der Waals surface area contributed by atoms with E-state index < -0.39 is 0 Å². The van der Waals surface area contributed by atoms with E-state index in [-0.39, 0.29) is 5.91 Å². The van der Waals surface area contributed by atoms with Gasteiger partial charge < -0.3 is 5.32 Å². The summed E-state index contributed by atoms with van der Waals surface area (Å²) in [4.78, 5) is 18.4. The van der Waals surface area contributed by atoms with Crippen LogP contribution in [0, 0.1) is 13.8 Å². The number of amides is 1. The van der Waals surface area contributed by atoms with Crippen molar-refractivity contribution in [2.24, 2.45) is 10.1 Å². The van der Waals surface area contributed by atoms with Crippen molar-refractivity contribution in [1.82, 2.24) is 4.68 Å². The predicted octanol–water partition coefficient (Wildman–Crippen LogP) is 7.34. The van der Waals surface area contributed by atoms with Gasteiger partial charge >= 0.3 is 0 Å². The zero-order valence-electron chi connectivity index (χ0n) is 18.1. The van der Waals surface area contributed by atoms with E-state index in [9.17, 15) is 4.79 Å². The molecule has 3 aromatic carbocycles. The lowest BCUT2D eigenvalue weighted by atomic mass is 10.1. The fraction of sp³-hybridized carbons (Fsp3) is 0.0800. The molecule has 0 saturated carbocycles. The van der Waals surface area contributed by atoms with Gasteiger partial charge in [0.25, 0.3) is 5.91 Å². The van der Waals surface area contributed by atoms with Crippen LogP contribution >= 0.6 is 50.5 Å². The van der Waals surface area contributed by atoms with Gasteiger partial charge in [-0.15, -0.1) is 11.3 Å². The molecule has 0 saturated heterocycles. The molecule has 34 heavy (non-hydrogen) atoms. The maximum Gasteiger partial charge on any atom is 0.276 e. The molecular formula is C25H17BrCl2N4OS. The highest BCUT2D eigenvalue weighted by Gasteiger charge is 2.27. The first-order valence-electron chi connectivity index (χ1n) is 10.3. The fourth-order valence-electron chi connectivity index (χ4n) is 3.61. The topological polar surface area (TPSA) is 58.8 Å². The Morgan fingerprint density at radius 3 is 2.65 bits per heavy atom. The molecule has 0 spiro atoms. The largest absolute Gasteiger partial charge is 0.320 e. The van der Waals surface area contributed by atoms with Crippen LogP contribution in [0.1, 0.15) is 16.7 Å². The molecule has 0 atom stereocenters. The van der Waals surface area contributed by atoms with Gasteiger partial charge in [-0.3, -0.25) is 4.79 Å². The Hall–Kier alpha value is -2.71. The SMILES string of the molecule is Cc1cccc(N=c2scc(-c3ccc(Cl)c(Cl)c3)n2N=C2C(=O)Nc3ccc(Br)cc32)c1C. The average Bonchev–Trinajstić information content (AvgIpc) is 3.34. The second kappa shape index (κ2) is 9.15. The quantitative estimate of drug-likeness (QED) is 0.275. The number of benzene rings is 3. The minimum Gasteiger partial charge on any atom is -0.320 e. The minimum absolute atomic E-state index is 0.274. The highest BCUT2D eigenvalue weighted by molar-refractivity contribution is 9.10. The fourth-order valence-corrected chi connectivity index (χ4v) is 5.11. The number of aryl methyl sites for hydroxylation is 1. The van der Waals surface area contributed by atoms with Crippen LogP contribution in [0.15, 0.2) is 74.5 Å². The van der Waals surface area contributed by atoms with Crippen LogP contribution < -0.4 is 10.1 Å². The van der Waals surface area contributed by atoms with Gasteiger partial charge in [0.1, 0.15) is 0 Å². The Morgan fingerprint density at radius 2 is 1.85 bits per heavy atom. The maximum absolute atomic E-state index is 12.8. The van der Waals surface area contributed by atoms with Gasteiger partial charge in [-0.05, 0) is 61.4 Å². The summed E-state index contributed by atoms with van der Waals surface area (Å²) in [7, 11) is 0. The van der Waals surface area contributed by atoms with Crippen molar-refractivity contribution >= 4 is 73.5 Å². The van der Waals surface area contributed by atoms with Gasteiger partial charge in [0, 0.05) is 21.0 Å². The molecule has 1 aliphatic heterocycles. The summed E-state index contributed by atoms with van der Waals surface area (Å²) in [6.45, 7) is 4.09.